The second-order valence-electron chi connectivity index (χ2n) is 4.02. The number of rotatable bonds is 1. The third-order valence-electron chi connectivity index (χ3n) is 3.66. The quantitative estimate of drug-likeness (QED) is 0.570. The molecule has 0 spiro atoms. The molecule has 0 amide bonds. The van der Waals surface area contributed by atoms with Crippen LogP contribution in [0.3, 0.4) is 0 Å². The van der Waals surface area contributed by atoms with Crippen molar-refractivity contribution in [2.45, 2.75) is 38.0 Å². The van der Waals surface area contributed by atoms with Crippen molar-refractivity contribution in [2.24, 2.45) is 0 Å². The zero-order chi connectivity index (χ0) is 11.3. The second kappa shape index (κ2) is 3.88. The summed E-state index contributed by atoms with van der Waals surface area (Å²) in [5.41, 5.74) is 5.09. The van der Waals surface area contributed by atoms with Gasteiger partial charge >= 0.3 is 102 Å². The van der Waals surface area contributed by atoms with Crippen molar-refractivity contribution in [3.63, 3.8) is 0 Å². The van der Waals surface area contributed by atoms with Crippen LogP contribution in [0, 0.1) is 0 Å². The third kappa shape index (κ3) is 1.67. The van der Waals surface area contributed by atoms with Gasteiger partial charge in [-0.2, -0.15) is 0 Å². The van der Waals surface area contributed by atoms with E-state index >= 15 is 0 Å². The average molecular weight is 363 g/mol. The van der Waals surface area contributed by atoms with Gasteiger partial charge in [0.2, 0.25) is 0 Å². The van der Waals surface area contributed by atoms with Crippen molar-refractivity contribution in [3.05, 3.63) is 22.3 Å². The fourth-order valence-corrected chi connectivity index (χ4v) is 10.2. The summed E-state index contributed by atoms with van der Waals surface area (Å²) in [5.74, 6) is 0. The van der Waals surface area contributed by atoms with Gasteiger partial charge in [-0.15, -0.1) is 0 Å². The van der Waals surface area contributed by atoms with Gasteiger partial charge in [0.1, 0.15) is 0 Å². The first-order valence-electron chi connectivity index (χ1n) is 4.48. The average Bonchev–Trinajstić information content (AvgIpc) is 2.21. The first kappa shape index (κ1) is 13.2. The predicted molar refractivity (Wildman–Crippen MR) is 68.4 cm³/mol. The molecular weight excluding hydrogens is 348 g/mol. The fraction of sp³-hybridized carbons (Fsp3) is 0.600. The summed E-state index contributed by atoms with van der Waals surface area (Å²) < 4.78 is -0.253. The van der Waals surface area contributed by atoms with Crippen LogP contribution in [0.4, 0.5) is 0 Å². The van der Waals surface area contributed by atoms with Crippen LogP contribution in [0.15, 0.2) is 22.3 Å². The predicted octanol–water partition coefficient (Wildman–Crippen LogP) is 5.09. The Kier molecular flexibility index (Phi) is 3.67. The van der Waals surface area contributed by atoms with Gasteiger partial charge in [-0.1, -0.05) is 0 Å². The summed E-state index contributed by atoms with van der Waals surface area (Å²) in [6, 6.07) is 0. The molecule has 0 fully saturated rings. The topological polar surface area (TPSA) is 0 Å². The van der Waals surface area contributed by atoms with Gasteiger partial charge < -0.3 is 0 Å². The van der Waals surface area contributed by atoms with Gasteiger partial charge in [-0.3, -0.25) is 0 Å². The number of hydrogen-bond donors (Lipinski definition) is 0. The third-order valence-corrected chi connectivity index (χ3v) is 15.3. The van der Waals surface area contributed by atoms with Crippen molar-refractivity contribution in [1.29, 1.82) is 0 Å². The van der Waals surface area contributed by atoms with E-state index < -0.39 is 15.4 Å². The first-order chi connectivity index (χ1) is 6.14. The normalized spacial score (nSPS) is 22.3. The van der Waals surface area contributed by atoms with Crippen molar-refractivity contribution < 1.29 is 0 Å². The fourth-order valence-electron chi connectivity index (χ4n) is 1.95. The Labute approximate surface area is 101 Å². The molecular formula is C10H15Cl3Sb. The molecule has 0 saturated carbocycles. The molecule has 1 aliphatic carbocycles. The molecule has 0 aliphatic heterocycles. The van der Waals surface area contributed by atoms with E-state index in [0.717, 1.165) is 0 Å². The van der Waals surface area contributed by atoms with Crippen molar-refractivity contribution in [2.75, 3.05) is 0 Å². The van der Waals surface area contributed by atoms with E-state index in [4.69, 9.17) is 26.5 Å². The number of hydrogen-bond acceptors (Lipinski definition) is 0. The summed E-state index contributed by atoms with van der Waals surface area (Å²) >= 11 is -3.41. The monoisotopic (exact) mass is 361 g/mol. The zero-order valence-electron chi connectivity index (χ0n) is 9.08. The Balaban J connectivity index is 3.42. The standard InChI is InChI=1S/C10H15.3ClH.Sb/c1-6-7(2)9(4)10(5)8(6)3;;;;/h1-5H3;3*1H;/q;;;;+3/p-3. The zero-order valence-corrected chi connectivity index (χ0v) is 13.9. The molecule has 0 nitrogen and oxygen atoms in total. The maximum absolute atomic E-state index is 6.26. The maximum atomic E-state index is 6.26. The van der Waals surface area contributed by atoms with Gasteiger partial charge in [0, 0.05) is 0 Å². The minimum absolute atomic E-state index is 0.253. The van der Waals surface area contributed by atoms with Gasteiger partial charge in [0.25, 0.3) is 0 Å². The molecule has 0 saturated heterocycles. The van der Waals surface area contributed by atoms with Crippen LogP contribution in [0.2, 0.25) is 3.36 Å². The van der Waals surface area contributed by atoms with Gasteiger partial charge in [-0.05, 0) is 0 Å². The van der Waals surface area contributed by atoms with Crippen LogP contribution in [-0.2, 0) is 0 Å². The van der Waals surface area contributed by atoms with Crippen molar-refractivity contribution in [1.82, 2.24) is 0 Å². The van der Waals surface area contributed by atoms with Gasteiger partial charge in [-0.25, -0.2) is 0 Å². The van der Waals surface area contributed by atoms with Gasteiger partial charge in [0.15, 0.2) is 0 Å². The number of halogens is 3. The summed E-state index contributed by atoms with van der Waals surface area (Å²) in [5, 5.41) is 0. The minimum atomic E-state index is -3.41. The summed E-state index contributed by atoms with van der Waals surface area (Å²) in [6.45, 7) is 10.5. The van der Waals surface area contributed by atoms with Crippen LogP contribution < -0.4 is 0 Å². The second-order valence-corrected chi connectivity index (χ2v) is 22.8. The van der Waals surface area contributed by atoms with Crippen LogP contribution in [0.5, 0.6) is 0 Å². The Hall–Kier alpha value is 1.17. The van der Waals surface area contributed by atoms with E-state index in [9.17, 15) is 0 Å². The van der Waals surface area contributed by atoms with Gasteiger partial charge in [0.05, 0.1) is 0 Å². The molecule has 0 aromatic heterocycles. The van der Waals surface area contributed by atoms with E-state index in [2.05, 4.69) is 34.6 Å². The van der Waals surface area contributed by atoms with Crippen LogP contribution in [0.25, 0.3) is 0 Å². The molecule has 14 heavy (non-hydrogen) atoms. The molecule has 0 heterocycles. The van der Waals surface area contributed by atoms with E-state index in [1.54, 1.807) is 0 Å². The summed E-state index contributed by atoms with van der Waals surface area (Å²) in [4.78, 5) is 0. The summed E-state index contributed by atoms with van der Waals surface area (Å²) in [7, 11) is 18.8. The molecule has 0 aromatic rings. The Bertz CT molecular complexity index is 310. The molecule has 1 rings (SSSR count). The molecule has 1 radical (unpaired) electrons. The van der Waals surface area contributed by atoms with Crippen LogP contribution in [-0.4, -0.2) is 15.4 Å². The Morgan fingerprint density at radius 3 is 1.29 bits per heavy atom. The molecule has 4 heteroatoms. The molecule has 0 aromatic carbocycles. The van der Waals surface area contributed by atoms with Crippen LogP contribution in [0.1, 0.15) is 34.6 Å². The van der Waals surface area contributed by atoms with E-state index in [0.29, 0.717) is 0 Å². The van der Waals surface area contributed by atoms with Crippen LogP contribution >= 0.6 is 26.5 Å². The SMILES string of the molecule is CC1=C(C)[C](C)([Sb]([Cl])([Cl])[Cl])C(C)=C1C. The number of allylic oxidation sites excluding steroid dienone is 4. The molecule has 0 N–H and O–H groups in total. The Morgan fingerprint density at radius 2 is 1.14 bits per heavy atom. The molecule has 0 atom stereocenters. The molecule has 0 unspecified atom stereocenters. The van der Waals surface area contributed by atoms with Crippen molar-refractivity contribution in [3.8, 4) is 0 Å². The molecule has 0 bridgehead atoms. The van der Waals surface area contributed by atoms with E-state index in [-0.39, 0.29) is 3.36 Å². The van der Waals surface area contributed by atoms with E-state index in [1.165, 1.54) is 22.3 Å². The Morgan fingerprint density at radius 1 is 0.857 bits per heavy atom. The van der Waals surface area contributed by atoms with E-state index in [1.807, 2.05) is 0 Å². The molecule has 1 aliphatic rings. The summed E-state index contributed by atoms with van der Waals surface area (Å²) in [6.07, 6.45) is 0. The first-order valence-corrected chi connectivity index (χ1v) is 15.5. The van der Waals surface area contributed by atoms with Crippen molar-refractivity contribution >= 4 is 41.9 Å². The molecule has 81 valence electrons.